The van der Waals surface area contributed by atoms with Gasteiger partial charge < -0.3 is 15.8 Å². The molecule has 0 aliphatic rings. The van der Waals surface area contributed by atoms with Gasteiger partial charge in [-0.15, -0.1) is 0 Å². The third-order valence-corrected chi connectivity index (χ3v) is 5.17. The molecule has 192 valence electrons. The molecule has 37 heavy (non-hydrogen) atoms. The van der Waals surface area contributed by atoms with E-state index in [0.717, 1.165) is 28.6 Å². The first-order valence-electron chi connectivity index (χ1n) is 10.8. The zero-order valence-electron chi connectivity index (χ0n) is 18.9. The fourth-order valence-electron chi connectivity index (χ4n) is 3.40. The maximum Gasteiger partial charge on any atom is 0.416 e. The van der Waals surface area contributed by atoms with Gasteiger partial charge in [-0.05, 0) is 54.4 Å². The van der Waals surface area contributed by atoms with Gasteiger partial charge in [0.15, 0.2) is 5.82 Å². The van der Waals surface area contributed by atoms with E-state index in [-0.39, 0.29) is 29.6 Å². The Morgan fingerprint density at radius 1 is 0.973 bits per heavy atom. The van der Waals surface area contributed by atoms with E-state index in [1.165, 1.54) is 24.4 Å². The standard InChI is InChI=1S/C24H19F5N6O2/c25-21(26)19-20(35-12-10-18(30)34-23(35)36)22(33-13-32-19)31-11-9-14-1-5-16(6-2-14)37-17-7-3-15(4-8-17)24(27,28)29/h1-8,10,12-13,21H,9,11H2,(H2,30,34,36)(H,31,32,33). The number of nitrogen functional groups attached to an aromatic ring is 1. The van der Waals surface area contributed by atoms with Crippen LogP contribution in [0.2, 0.25) is 0 Å². The molecule has 0 aliphatic carbocycles. The van der Waals surface area contributed by atoms with Crippen LogP contribution in [0.3, 0.4) is 0 Å². The minimum absolute atomic E-state index is 0.0150. The van der Waals surface area contributed by atoms with Gasteiger partial charge >= 0.3 is 11.9 Å². The average molecular weight is 518 g/mol. The molecule has 2 heterocycles. The highest BCUT2D eigenvalue weighted by Crippen LogP contribution is 2.31. The lowest BCUT2D eigenvalue weighted by molar-refractivity contribution is -0.137. The van der Waals surface area contributed by atoms with Crippen molar-refractivity contribution in [2.24, 2.45) is 0 Å². The molecule has 0 aliphatic heterocycles. The summed E-state index contributed by atoms with van der Waals surface area (Å²) in [6.07, 6.45) is -4.76. The lowest BCUT2D eigenvalue weighted by Crippen LogP contribution is -2.25. The molecule has 0 saturated heterocycles. The van der Waals surface area contributed by atoms with Crippen LogP contribution in [0.5, 0.6) is 11.5 Å². The average Bonchev–Trinajstić information content (AvgIpc) is 2.85. The lowest BCUT2D eigenvalue weighted by atomic mass is 10.1. The van der Waals surface area contributed by atoms with E-state index >= 15 is 0 Å². The molecule has 4 rings (SSSR count). The van der Waals surface area contributed by atoms with Crippen LogP contribution in [0.1, 0.15) is 23.2 Å². The first-order valence-corrected chi connectivity index (χ1v) is 10.8. The summed E-state index contributed by atoms with van der Waals surface area (Å²) in [5.41, 5.74) is 3.84. The van der Waals surface area contributed by atoms with Gasteiger partial charge in [0.2, 0.25) is 0 Å². The minimum Gasteiger partial charge on any atom is -0.457 e. The van der Waals surface area contributed by atoms with Crippen LogP contribution in [-0.4, -0.2) is 26.1 Å². The molecule has 0 amide bonds. The Kier molecular flexibility index (Phi) is 7.32. The van der Waals surface area contributed by atoms with Crippen molar-refractivity contribution in [2.75, 3.05) is 17.6 Å². The molecule has 2 aromatic carbocycles. The highest BCUT2D eigenvalue weighted by molar-refractivity contribution is 5.58. The summed E-state index contributed by atoms with van der Waals surface area (Å²) in [4.78, 5) is 23.5. The van der Waals surface area contributed by atoms with Crippen LogP contribution in [-0.2, 0) is 12.6 Å². The Morgan fingerprint density at radius 3 is 2.22 bits per heavy atom. The normalized spacial score (nSPS) is 11.5. The summed E-state index contributed by atoms with van der Waals surface area (Å²) >= 11 is 0. The number of anilines is 2. The van der Waals surface area contributed by atoms with Gasteiger partial charge in [0.05, 0.1) is 5.56 Å². The summed E-state index contributed by atoms with van der Waals surface area (Å²) in [5, 5.41) is 2.94. The molecule has 4 aromatic rings. The SMILES string of the molecule is Nc1ccn(-c2c(NCCc3ccc(Oc4ccc(C(F)(F)F)cc4)cc3)ncnc2C(F)F)c(=O)n1. The Hall–Kier alpha value is -4.55. The third kappa shape index (κ3) is 6.18. The Morgan fingerprint density at radius 2 is 1.62 bits per heavy atom. The van der Waals surface area contributed by atoms with E-state index in [9.17, 15) is 26.7 Å². The molecular formula is C24H19F5N6O2. The zero-order valence-corrected chi connectivity index (χ0v) is 18.9. The fourth-order valence-corrected chi connectivity index (χ4v) is 3.40. The van der Waals surface area contributed by atoms with Crippen LogP contribution < -0.4 is 21.5 Å². The summed E-state index contributed by atoms with van der Waals surface area (Å²) < 4.78 is 71.8. The van der Waals surface area contributed by atoms with Crippen molar-refractivity contribution in [3.05, 3.63) is 94.4 Å². The largest absolute Gasteiger partial charge is 0.457 e. The molecule has 3 N–H and O–H groups in total. The van der Waals surface area contributed by atoms with Crippen molar-refractivity contribution in [2.45, 2.75) is 19.0 Å². The molecule has 8 nitrogen and oxygen atoms in total. The van der Waals surface area contributed by atoms with E-state index in [4.69, 9.17) is 10.5 Å². The minimum atomic E-state index is -4.43. The Bertz CT molecular complexity index is 1420. The van der Waals surface area contributed by atoms with Crippen LogP contribution in [0, 0.1) is 0 Å². The van der Waals surface area contributed by atoms with E-state index < -0.39 is 29.5 Å². The van der Waals surface area contributed by atoms with Gasteiger partial charge in [0.1, 0.15) is 35.0 Å². The highest BCUT2D eigenvalue weighted by Gasteiger charge is 2.30. The molecule has 0 radical (unpaired) electrons. The molecule has 0 bridgehead atoms. The number of aromatic nitrogens is 4. The smallest absolute Gasteiger partial charge is 0.416 e. The summed E-state index contributed by atoms with van der Waals surface area (Å²) in [5.74, 6) is 0.630. The second kappa shape index (κ2) is 10.6. The van der Waals surface area contributed by atoms with Crippen LogP contribution in [0.15, 0.2) is 71.9 Å². The molecule has 0 unspecified atom stereocenters. The van der Waals surface area contributed by atoms with Crippen LogP contribution in [0.4, 0.5) is 33.6 Å². The Labute approximate surface area is 206 Å². The summed E-state index contributed by atoms with van der Waals surface area (Å²) in [6, 6.07) is 12.4. The van der Waals surface area contributed by atoms with Crippen molar-refractivity contribution in [3.8, 4) is 17.2 Å². The quantitative estimate of drug-likeness (QED) is 0.316. The number of halogens is 5. The summed E-state index contributed by atoms with van der Waals surface area (Å²) in [6.45, 7) is 0.267. The van der Waals surface area contributed by atoms with Crippen molar-refractivity contribution in [1.29, 1.82) is 0 Å². The number of nitrogens with two attached hydrogens (primary N) is 1. The van der Waals surface area contributed by atoms with Gasteiger partial charge in [0.25, 0.3) is 6.43 Å². The van der Waals surface area contributed by atoms with Crippen molar-refractivity contribution < 1.29 is 26.7 Å². The predicted molar refractivity (Wildman–Crippen MR) is 125 cm³/mol. The number of benzene rings is 2. The Balaban J connectivity index is 1.43. The van der Waals surface area contributed by atoms with E-state index in [0.29, 0.717) is 12.2 Å². The second-order valence-corrected chi connectivity index (χ2v) is 7.71. The molecule has 13 heteroatoms. The first kappa shape index (κ1) is 25.5. The number of alkyl halides is 5. The van der Waals surface area contributed by atoms with Crippen molar-refractivity contribution in [1.82, 2.24) is 19.5 Å². The lowest BCUT2D eigenvalue weighted by Gasteiger charge is -2.15. The molecule has 0 fully saturated rings. The second-order valence-electron chi connectivity index (χ2n) is 7.71. The molecular weight excluding hydrogens is 499 g/mol. The molecule has 0 saturated carbocycles. The first-order chi connectivity index (χ1) is 17.6. The van der Waals surface area contributed by atoms with Crippen LogP contribution >= 0.6 is 0 Å². The molecule has 2 aromatic heterocycles. The summed E-state index contributed by atoms with van der Waals surface area (Å²) in [7, 11) is 0. The fraction of sp³-hybridized carbons (Fsp3) is 0.167. The maximum atomic E-state index is 13.6. The molecule has 0 atom stereocenters. The van der Waals surface area contributed by atoms with Gasteiger partial charge in [-0.1, -0.05) is 12.1 Å². The van der Waals surface area contributed by atoms with E-state index in [1.807, 2.05) is 0 Å². The topological polar surface area (TPSA) is 108 Å². The van der Waals surface area contributed by atoms with E-state index in [2.05, 4.69) is 20.3 Å². The van der Waals surface area contributed by atoms with Gasteiger partial charge in [-0.3, -0.25) is 4.57 Å². The van der Waals surface area contributed by atoms with Crippen molar-refractivity contribution >= 4 is 11.6 Å². The van der Waals surface area contributed by atoms with Crippen molar-refractivity contribution in [3.63, 3.8) is 0 Å². The van der Waals surface area contributed by atoms with Gasteiger partial charge in [-0.25, -0.2) is 23.5 Å². The molecule has 0 spiro atoms. The maximum absolute atomic E-state index is 13.6. The number of hydrogen-bond donors (Lipinski definition) is 2. The number of rotatable bonds is 8. The number of ether oxygens (including phenoxy) is 1. The number of nitrogens with one attached hydrogen (secondary N) is 1. The third-order valence-electron chi connectivity index (χ3n) is 5.17. The van der Waals surface area contributed by atoms with Gasteiger partial charge in [-0.2, -0.15) is 18.2 Å². The van der Waals surface area contributed by atoms with E-state index in [1.54, 1.807) is 24.3 Å². The number of nitrogens with zero attached hydrogens (tertiary/aromatic N) is 4. The zero-order chi connectivity index (χ0) is 26.6. The predicted octanol–water partition coefficient (Wildman–Crippen LogP) is 5.01. The number of hydrogen-bond acceptors (Lipinski definition) is 7. The van der Waals surface area contributed by atoms with Crippen LogP contribution in [0.25, 0.3) is 5.69 Å². The highest BCUT2D eigenvalue weighted by atomic mass is 19.4. The monoisotopic (exact) mass is 518 g/mol. The van der Waals surface area contributed by atoms with Gasteiger partial charge in [0, 0.05) is 12.7 Å².